The number of fused-ring (bicyclic) bond motifs is 1. The third-order valence-electron chi connectivity index (χ3n) is 5.59. The summed E-state index contributed by atoms with van der Waals surface area (Å²) in [5.41, 5.74) is 4.74. The van der Waals surface area contributed by atoms with E-state index in [0.29, 0.717) is 6.42 Å². The number of thioether (sulfide) groups is 1. The number of aromatic nitrogens is 1. The summed E-state index contributed by atoms with van der Waals surface area (Å²) in [7, 11) is 0. The van der Waals surface area contributed by atoms with Crippen LogP contribution < -0.4 is 4.74 Å². The van der Waals surface area contributed by atoms with Crippen LogP contribution in [0.2, 0.25) is 0 Å². The van der Waals surface area contributed by atoms with Crippen molar-refractivity contribution in [3.63, 3.8) is 0 Å². The van der Waals surface area contributed by atoms with Crippen molar-refractivity contribution in [2.75, 3.05) is 18.8 Å². The van der Waals surface area contributed by atoms with E-state index < -0.39 is 0 Å². The smallest absolute Gasteiger partial charge is 0.274 e. The molecular formula is C24H28N2O2S2. The lowest BCUT2D eigenvalue weighted by molar-refractivity contribution is -0.132. The van der Waals surface area contributed by atoms with E-state index in [1.807, 2.05) is 4.90 Å². The highest BCUT2D eigenvalue weighted by molar-refractivity contribution is 7.99. The third-order valence-corrected chi connectivity index (χ3v) is 7.69. The average molecular weight is 441 g/mol. The van der Waals surface area contributed by atoms with Crippen molar-refractivity contribution >= 4 is 39.2 Å². The molecule has 3 aromatic rings. The van der Waals surface area contributed by atoms with Gasteiger partial charge in [0.05, 0.1) is 10.2 Å². The Morgan fingerprint density at radius 2 is 1.80 bits per heavy atom. The van der Waals surface area contributed by atoms with Gasteiger partial charge in [0.25, 0.3) is 5.19 Å². The number of nitrogens with zero attached hydrogens (tertiary/aromatic N) is 2. The molecule has 1 fully saturated rings. The summed E-state index contributed by atoms with van der Waals surface area (Å²) in [6, 6.07) is 12.7. The molecule has 158 valence electrons. The number of hydrogen-bond donors (Lipinski definition) is 0. The molecule has 0 spiro atoms. The van der Waals surface area contributed by atoms with Crippen LogP contribution in [0.5, 0.6) is 5.19 Å². The first-order valence-corrected chi connectivity index (χ1v) is 12.3. The van der Waals surface area contributed by atoms with Gasteiger partial charge in [-0.15, -0.1) is 11.8 Å². The number of carbonyl (C=O) groups excluding carboxylic acids is 1. The van der Waals surface area contributed by atoms with Gasteiger partial charge in [-0.05, 0) is 44.0 Å². The summed E-state index contributed by atoms with van der Waals surface area (Å²) in [5.74, 6) is 1.07. The highest BCUT2D eigenvalue weighted by atomic mass is 32.2. The standard InChI is InChI=1S/C24H28N2O2S2/c1-16-4-8-20(9-5-16)29-15-12-21(27)26-13-10-19(11-14-26)28-24-25-22-17(2)6-7-18(3)23(22)30-24/h4-9,19H,10-15H2,1-3H3. The topological polar surface area (TPSA) is 42.4 Å². The van der Waals surface area contributed by atoms with E-state index in [1.165, 1.54) is 26.3 Å². The van der Waals surface area contributed by atoms with Crippen LogP contribution in [0.3, 0.4) is 0 Å². The second-order valence-electron chi connectivity index (χ2n) is 7.97. The Morgan fingerprint density at radius 1 is 1.10 bits per heavy atom. The van der Waals surface area contributed by atoms with Crippen LogP contribution in [0, 0.1) is 20.8 Å². The number of benzene rings is 2. The van der Waals surface area contributed by atoms with E-state index in [4.69, 9.17) is 9.72 Å². The summed E-state index contributed by atoms with van der Waals surface area (Å²) >= 11 is 3.38. The van der Waals surface area contributed by atoms with Crippen molar-refractivity contribution in [3.05, 3.63) is 53.1 Å². The number of carbonyl (C=O) groups is 1. The first-order chi connectivity index (χ1) is 14.5. The van der Waals surface area contributed by atoms with Crippen LogP contribution >= 0.6 is 23.1 Å². The van der Waals surface area contributed by atoms with Crippen molar-refractivity contribution in [2.45, 2.75) is 51.0 Å². The molecule has 0 aliphatic carbocycles. The van der Waals surface area contributed by atoms with Gasteiger partial charge in [-0.25, -0.2) is 4.98 Å². The zero-order chi connectivity index (χ0) is 21.1. The maximum absolute atomic E-state index is 12.6. The zero-order valence-corrected chi connectivity index (χ0v) is 19.4. The van der Waals surface area contributed by atoms with Crippen LogP contribution in [-0.2, 0) is 4.79 Å². The summed E-state index contributed by atoms with van der Waals surface area (Å²) < 4.78 is 7.40. The number of likely N-dealkylation sites (tertiary alicyclic amines) is 1. The molecule has 0 N–H and O–H groups in total. The molecule has 0 saturated carbocycles. The molecule has 1 aliphatic heterocycles. The van der Waals surface area contributed by atoms with E-state index in [1.54, 1.807) is 23.1 Å². The monoisotopic (exact) mass is 440 g/mol. The number of thiazole rings is 1. The Labute approximate surface area is 186 Å². The molecule has 1 saturated heterocycles. The van der Waals surface area contributed by atoms with E-state index >= 15 is 0 Å². The minimum atomic E-state index is 0.136. The summed E-state index contributed by atoms with van der Waals surface area (Å²) in [5, 5.41) is 0.752. The molecule has 30 heavy (non-hydrogen) atoms. The molecular weight excluding hydrogens is 412 g/mol. The molecule has 0 radical (unpaired) electrons. The number of hydrogen-bond acceptors (Lipinski definition) is 5. The highest BCUT2D eigenvalue weighted by Crippen LogP contribution is 2.33. The van der Waals surface area contributed by atoms with E-state index in [-0.39, 0.29) is 12.0 Å². The van der Waals surface area contributed by atoms with Crippen LogP contribution in [0.1, 0.15) is 36.0 Å². The second-order valence-corrected chi connectivity index (χ2v) is 10.1. The Hall–Kier alpha value is -2.05. The molecule has 1 amide bonds. The maximum Gasteiger partial charge on any atom is 0.274 e. The largest absolute Gasteiger partial charge is 0.467 e. The van der Waals surface area contributed by atoms with Crippen molar-refractivity contribution in [3.8, 4) is 5.19 Å². The van der Waals surface area contributed by atoms with Gasteiger partial charge in [0, 0.05) is 43.0 Å². The SMILES string of the molecule is Cc1ccc(SCCC(=O)N2CCC(Oc3nc4c(C)ccc(C)c4s3)CC2)cc1. The summed E-state index contributed by atoms with van der Waals surface area (Å²) in [6.45, 7) is 7.82. The van der Waals surface area contributed by atoms with Gasteiger partial charge >= 0.3 is 0 Å². The molecule has 0 atom stereocenters. The van der Waals surface area contributed by atoms with Gasteiger partial charge in [0.1, 0.15) is 6.10 Å². The Bertz CT molecular complexity index is 983. The van der Waals surface area contributed by atoms with Gasteiger partial charge in [-0.3, -0.25) is 4.79 Å². The molecule has 0 unspecified atom stereocenters. The predicted molar refractivity (Wildman–Crippen MR) is 126 cm³/mol. The van der Waals surface area contributed by atoms with Gasteiger partial charge in [0.15, 0.2) is 0 Å². The molecule has 1 aromatic heterocycles. The minimum absolute atomic E-state index is 0.136. The van der Waals surface area contributed by atoms with Crippen LogP contribution in [0.4, 0.5) is 0 Å². The van der Waals surface area contributed by atoms with Crippen LogP contribution in [0.25, 0.3) is 10.2 Å². The number of rotatable bonds is 6. The molecule has 4 rings (SSSR count). The average Bonchev–Trinajstić information content (AvgIpc) is 3.18. The lowest BCUT2D eigenvalue weighted by Crippen LogP contribution is -2.41. The third kappa shape index (κ3) is 4.98. The van der Waals surface area contributed by atoms with Gasteiger partial charge in [-0.1, -0.05) is 41.2 Å². The fourth-order valence-electron chi connectivity index (χ4n) is 3.70. The van der Waals surface area contributed by atoms with E-state index in [0.717, 1.165) is 42.4 Å². The van der Waals surface area contributed by atoms with Crippen molar-refractivity contribution in [1.82, 2.24) is 9.88 Å². The summed E-state index contributed by atoms with van der Waals surface area (Å²) in [4.78, 5) is 20.5. The normalized spacial score (nSPS) is 15.0. The summed E-state index contributed by atoms with van der Waals surface area (Å²) in [6.07, 6.45) is 2.45. The first-order valence-electron chi connectivity index (χ1n) is 10.5. The fraction of sp³-hybridized carbons (Fsp3) is 0.417. The molecule has 1 aliphatic rings. The number of piperidine rings is 1. The lowest BCUT2D eigenvalue weighted by Gasteiger charge is -2.31. The molecule has 2 aromatic carbocycles. The van der Waals surface area contributed by atoms with Gasteiger partial charge < -0.3 is 9.64 Å². The number of amides is 1. The van der Waals surface area contributed by atoms with E-state index in [2.05, 4.69) is 57.2 Å². The predicted octanol–water partition coefficient (Wildman–Crippen LogP) is 5.77. The number of aryl methyl sites for hydroxylation is 3. The Kier molecular flexibility index (Phi) is 6.64. The van der Waals surface area contributed by atoms with Crippen LogP contribution in [0.15, 0.2) is 41.3 Å². The molecule has 0 bridgehead atoms. The van der Waals surface area contributed by atoms with Crippen molar-refractivity contribution in [2.24, 2.45) is 0 Å². The van der Waals surface area contributed by atoms with E-state index in [9.17, 15) is 4.79 Å². The van der Waals surface area contributed by atoms with Gasteiger partial charge in [0.2, 0.25) is 5.91 Å². The molecule has 4 nitrogen and oxygen atoms in total. The highest BCUT2D eigenvalue weighted by Gasteiger charge is 2.24. The Morgan fingerprint density at radius 3 is 2.50 bits per heavy atom. The quantitative estimate of drug-likeness (QED) is 0.456. The fourth-order valence-corrected chi connectivity index (χ4v) is 5.57. The lowest BCUT2D eigenvalue weighted by atomic mass is 10.1. The van der Waals surface area contributed by atoms with Crippen molar-refractivity contribution < 1.29 is 9.53 Å². The van der Waals surface area contributed by atoms with Crippen molar-refractivity contribution in [1.29, 1.82) is 0 Å². The van der Waals surface area contributed by atoms with Gasteiger partial charge in [-0.2, -0.15) is 0 Å². The number of ether oxygens (including phenoxy) is 1. The molecule has 6 heteroatoms. The maximum atomic E-state index is 12.6. The second kappa shape index (κ2) is 9.40. The molecule has 2 heterocycles. The minimum Gasteiger partial charge on any atom is -0.467 e. The first kappa shape index (κ1) is 21.2. The van der Waals surface area contributed by atoms with Crippen LogP contribution in [-0.4, -0.2) is 40.7 Å². The zero-order valence-electron chi connectivity index (χ0n) is 17.8. The Balaban J connectivity index is 1.24.